The summed E-state index contributed by atoms with van der Waals surface area (Å²) in [7, 11) is 0. The van der Waals surface area contributed by atoms with Gasteiger partial charge >= 0.3 is 0 Å². The molecule has 0 aliphatic carbocycles. The maximum absolute atomic E-state index is 6.68. The smallest absolute Gasteiger partial charge is 0.0698 e. The molecule has 0 saturated carbocycles. The molecule has 6 aromatic carbocycles. The molecule has 1 heterocycles. The van der Waals surface area contributed by atoms with E-state index < -0.39 is 0 Å². The van der Waals surface area contributed by atoms with Gasteiger partial charge in [0.1, 0.15) is 0 Å². The minimum Gasteiger partial charge on any atom is -0.397 e. The Morgan fingerprint density at radius 3 is 1.58 bits per heavy atom. The quantitative estimate of drug-likeness (QED) is 0.235. The van der Waals surface area contributed by atoms with E-state index in [-0.39, 0.29) is 0 Å². The van der Waals surface area contributed by atoms with Gasteiger partial charge in [-0.05, 0) is 44.3 Å². The van der Waals surface area contributed by atoms with Crippen LogP contribution in [-0.4, -0.2) is 4.98 Å². The van der Waals surface area contributed by atoms with E-state index in [1.54, 1.807) is 0 Å². The summed E-state index contributed by atoms with van der Waals surface area (Å²) in [4.78, 5) is 3.85. The van der Waals surface area contributed by atoms with E-state index in [4.69, 9.17) is 5.73 Å². The average molecular weight is 487 g/mol. The maximum atomic E-state index is 6.68. The molecule has 1 aromatic heterocycles. The largest absolute Gasteiger partial charge is 0.397 e. The highest BCUT2D eigenvalue weighted by molar-refractivity contribution is 6.24. The number of fused-ring (bicyclic) bond motifs is 7. The van der Waals surface area contributed by atoms with E-state index in [1.165, 1.54) is 27.3 Å². The number of aromatic nitrogens is 1. The van der Waals surface area contributed by atoms with E-state index in [0.29, 0.717) is 0 Å². The SMILES string of the molecule is Nc1cccc2c1[nH]c1c(-c3ccccc3)cccc1c1c(-c3ccccc3)cccc1c1ccccc21. The molecule has 2 nitrogen and oxygen atoms in total. The van der Waals surface area contributed by atoms with E-state index in [0.717, 1.165) is 44.0 Å². The van der Waals surface area contributed by atoms with Gasteiger partial charge in [0, 0.05) is 16.3 Å². The predicted octanol–water partition coefficient (Wildman–Crippen LogP) is 9.67. The molecule has 3 N–H and O–H groups in total. The van der Waals surface area contributed by atoms with Gasteiger partial charge < -0.3 is 10.7 Å². The zero-order valence-electron chi connectivity index (χ0n) is 20.9. The number of H-pyrrole nitrogens is 1. The van der Waals surface area contributed by atoms with Crippen molar-refractivity contribution in [3.63, 3.8) is 0 Å². The zero-order valence-corrected chi connectivity index (χ0v) is 20.9. The predicted molar refractivity (Wildman–Crippen MR) is 164 cm³/mol. The summed E-state index contributed by atoms with van der Waals surface area (Å²) < 4.78 is 0. The second-order valence-electron chi connectivity index (χ2n) is 9.63. The van der Waals surface area contributed by atoms with Crippen LogP contribution in [0.15, 0.2) is 140 Å². The lowest BCUT2D eigenvalue weighted by Crippen LogP contribution is -1.90. The van der Waals surface area contributed by atoms with Gasteiger partial charge in [-0.1, -0.05) is 133 Å². The van der Waals surface area contributed by atoms with Crippen LogP contribution in [0.4, 0.5) is 5.69 Å². The molecule has 0 atom stereocenters. The highest BCUT2D eigenvalue weighted by atomic mass is 14.7. The number of nitrogen functional groups attached to an aromatic ring is 1. The van der Waals surface area contributed by atoms with Crippen LogP contribution in [0.1, 0.15) is 0 Å². The number of nitrogens with two attached hydrogens (primary N) is 1. The topological polar surface area (TPSA) is 41.8 Å². The van der Waals surface area contributed by atoms with Gasteiger partial charge in [-0.15, -0.1) is 0 Å². The second kappa shape index (κ2) is 9.10. The molecule has 38 heavy (non-hydrogen) atoms. The van der Waals surface area contributed by atoms with Gasteiger partial charge in [0.25, 0.3) is 0 Å². The van der Waals surface area contributed by atoms with Crippen LogP contribution in [0.25, 0.3) is 65.6 Å². The summed E-state index contributed by atoms with van der Waals surface area (Å²) in [5, 5.41) is 6.98. The molecule has 0 spiro atoms. The average Bonchev–Trinajstić information content (AvgIpc) is 3.03. The lowest BCUT2D eigenvalue weighted by atomic mass is 9.93. The number of rotatable bonds is 2. The van der Waals surface area contributed by atoms with Crippen molar-refractivity contribution >= 4 is 49.0 Å². The highest BCUT2D eigenvalue weighted by Gasteiger charge is 2.13. The molecule has 0 amide bonds. The molecule has 7 aromatic rings. The monoisotopic (exact) mass is 486 g/mol. The fourth-order valence-corrected chi connectivity index (χ4v) is 5.69. The van der Waals surface area contributed by atoms with Gasteiger partial charge in [-0.3, -0.25) is 0 Å². The number of para-hydroxylation sites is 2. The number of hydrogen-bond donors (Lipinski definition) is 2. The van der Waals surface area contributed by atoms with Crippen LogP contribution in [0, 0.1) is 0 Å². The first kappa shape index (κ1) is 22.1. The second-order valence-corrected chi connectivity index (χ2v) is 9.63. The molecular formula is C36H26N2. The van der Waals surface area contributed by atoms with E-state index in [9.17, 15) is 0 Å². The standard InChI is InChI=1S/C36H26N2/c37-33-23-11-21-31-29-17-8-7-16-28(29)30-20-9-18-26(24-12-3-1-4-13-24)34(30)32-22-10-19-27(35(32)38-36(31)33)25-14-5-2-6-15-25/h1-23,38H,37H2. The van der Waals surface area contributed by atoms with Gasteiger partial charge in [-0.25, -0.2) is 0 Å². The molecule has 2 heteroatoms. The number of nitrogens with one attached hydrogen (secondary N) is 1. The molecule has 0 unspecified atom stereocenters. The van der Waals surface area contributed by atoms with Crippen molar-refractivity contribution in [3.8, 4) is 22.3 Å². The Hall–Kier alpha value is -5.08. The van der Waals surface area contributed by atoms with Gasteiger partial charge in [0.15, 0.2) is 0 Å². The fourth-order valence-electron chi connectivity index (χ4n) is 5.69. The normalized spacial score (nSPS) is 11.3. The lowest BCUT2D eigenvalue weighted by molar-refractivity contribution is 1.51. The summed E-state index contributed by atoms with van der Waals surface area (Å²) in [6.45, 7) is 0. The minimum atomic E-state index is 0.723. The van der Waals surface area contributed by atoms with Crippen LogP contribution >= 0.6 is 0 Å². The lowest BCUT2D eigenvalue weighted by Gasteiger charge is -2.12. The van der Waals surface area contributed by atoms with Crippen LogP contribution in [0.5, 0.6) is 0 Å². The Morgan fingerprint density at radius 1 is 0.368 bits per heavy atom. The summed E-state index contributed by atoms with van der Waals surface area (Å²) in [5.41, 5.74) is 14.1. The molecule has 0 aliphatic rings. The third kappa shape index (κ3) is 3.58. The summed E-state index contributed by atoms with van der Waals surface area (Å²) in [6.07, 6.45) is 0. The first-order valence-electron chi connectivity index (χ1n) is 12.9. The first-order chi connectivity index (χ1) is 18.8. The Bertz CT molecular complexity index is 2020. The maximum Gasteiger partial charge on any atom is 0.0698 e. The minimum absolute atomic E-state index is 0.723. The van der Waals surface area contributed by atoms with Crippen molar-refractivity contribution in [1.82, 2.24) is 4.98 Å². The molecule has 180 valence electrons. The first-order valence-corrected chi connectivity index (χ1v) is 12.9. The number of aromatic amines is 1. The Morgan fingerprint density at radius 2 is 0.868 bits per heavy atom. The van der Waals surface area contributed by atoms with Crippen LogP contribution in [0.2, 0.25) is 0 Å². The van der Waals surface area contributed by atoms with Gasteiger partial charge in [0.05, 0.1) is 16.7 Å². The van der Waals surface area contributed by atoms with E-state index in [1.807, 2.05) is 12.1 Å². The van der Waals surface area contributed by atoms with Crippen molar-refractivity contribution < 1.29 is 0 Å². The molecule has 0 saturated heterocycles. The van der Waals surface area contributed by atoms with Crippen molar-refractivity contribution in [1.29, 1.82) is 0 Å². The number of hydrogen-bond acceptors (Lipinski definition) is 1. The third-order valence-electron chi connectivity index (χ3n) is 7.42. The van der Waals surface area contributed by atoms with E-state index in [2.05, 4.69) is 132 Å². The molecule has 0 aliphatic heterocycles. The Balaban J connectivity index is 1.86. The fraction of sp³-hybridized carbons (Fsp3) is 0. The molecule has 0 radical (unpaired) electrons. The summed E-state index contributed by atoms with van der Waals surface area (Å²) in [6, 6.07) is 49.3. The van der Waals surface area contributed by atoms with E-state index >= 15 is 0 Å². The summed E-state index contributed by atoms with van der Waals surface area (Å²) in [5.74, 6) is 0. The Labute approximate surface area is 221 Å². The van der Waals surface area contributed by atoms with Gasteiger partial charge in [-0.2, -0.15) is 0 Å². The molecule has 7 rings (SSSR count). The highest BCUT2D eigenvalue weighted by Crippen LogP contribution is 2.39. The van der Waals surface area contributed by atoms with Crippen LogP contribution in [0.3, 0.4) is 0 Å². The molecule has 0 bridgehead atoms. The molecule has 0 fully saturated rings. The third-order valence-corrected chi connectivity index (χ3v) is 7.42. The van der Waals surface area contributed by atoms with Crippen LogP contribution < -0.4 is 5.73 Å². The summed E-state index contributed by atoms with van der Waals surface area (Å²) >= 11 is 0. The van der Waals surface area contributed by atoms with Gasteiger partial charge in [0.2, 0.25) is 0 Å². The zero-order chi connectivity index (χ0) is 25.5. The van der Waals surface area contributed by atoms with Crippen LogP contribution in [-0.2, 0) is 0 Å². The van der Waals surface area contributed by atoms with Crippen molar-refractivity contribution in [2.45, 2.75) is 0 Å². The Kier molecular flexibility index (Phi) is 5.30. The number of benzene rings is 6. The number of anilines is 1. The van der Waals surface area contributed by atoms with Crippen molar-refractivity contribution in [3.05, 3.63) is 140 Å². The molecular weight excluding hydrogens is 460 g/mol. The van der Waals surface area contributed by atoms with Crippen molar-refractivity contribution in [2.75, 3.05) is 5.73 Å². The van der Waals surface area contributed by atoms with Crippen molar-refractivity contribution in [2.24, 2.45) is 0 Å².